The molecule has 1 aromatic rings. The highest BCUT2D eigenvalue weighted by molar-refractivity contribution is 5.37. The molecule has 1 rings (SSSR count). The van der Waals surface area contributed by atoms with Crippen molar-refractivity contribution in [3.05, 3.63) is 41.7 Å². The number of hydrogen-bond acceptors (Lipinski definition) is 4. The van der Waals surface area contributed by atoms with Crippen molar-refractivity contribution in [2.45, 2.75) is 33.0 Å². The minimum Gasteiger partial charge on any atom is -0.463 e. The summed E-state index contributed by atoms with van der Waals surface area (Å²) in [6.45, 7) is 8.11. The summed E-state index contributed by atoms with van der Waals surface area (Å²) < 4.78 is 22.5. The lowest BCUT2D eigenvalue weighted by molar-refractivity contribution is 0.182. The zero-order valence-corrected chi connectivity index (χ0v) is 12.3. The van der Waals surface area contributed by atoms with E-state index in [2.05, 4.69) is 17.2 Å². The highest BCUT2D eigenvalue weighted by Crippen LogP contribution is 2.21. The third-order valence-corrected chi connectivity index (χ3v) is 2.60. The zero-order chi connectivity index (χ0) is 15.0. The zero-order valence-electron chi connectivity index (χ0n) is 12.3. The van der Waals surface area contributed by atoms with Gasteiger partial charge in [0.2, 0.25) is 6.86 Å². The summed E-state index contributed by atoms with van der Waals surface area (Å²) in [4.78, 5) is 0. The Morgan fingerprint density at radius 1 is 1.40 bits per heavy atom. The standard InChI is InChI=1S/C15H23FN2O2/c1-11(2)18-12(3)17-8-14-7-13(9-19-4)5-6-15(14)20-10-16/h5-7,11,17-18H,3,8-10H2,1-2,4H3. The Hall–Kier alpha value is -1.75. The number of rotatable bonds is 9. The third kappa shape index (κ3) is 5.48. The normalized spacial score (nSPS) is 10.4. The van der Waals surface area contributed by atoms with Crippen LogP contribution in [0.4, 0.5) is 4.39 Å². The van der Waals surface area contributed by atoms with Crippen LogP contribution >= 0.6 is 0 Å². The number of nitrogens with one attached hydrogen (secondary N) is 2. The molecule has 5 heteroatoms. The largest absolute Gasteiger partial charge is 0.463 e. The molecule has 0 aliphatic rings. The molecule has 2 N–H and O–H groups in total. The molecule has 112 valence electrons. The third-order valence-electron chi connectivity index (χ3n) is 2.60. The monoisotopic (exact) mass is 282 g/mol. The molecule has 0 bridgehead atoms. The van der Waals surface area contributed by atoms with Crippen molar-refractivity contribution in [2.24, 2.45) is 0 Å². The van der Waals surface area contributed by atoms with E-state index in [1.165, 1.54) is 0 Å². The molecular weight excluding hydrogens is 259 g/mol. The van der Waals surface area contributed by atoms with Crippen LogP contribution < -0.4 is 15.4 Å². The van der Waals surface area contributed by atoms with Crippen LogP contribution in [0.15, 0.2) is 30.6 Å². The van der Waals surface area contributed by atoms with Gasteiger partial charge in [-0.1, -0.05) is 12.6 Å². The molecule has 0 fully saturated rings. The highest BCUT2D eigenvalue weighted by atomic mass is 19.1. The number of halogens is 1. The van der Waals surface area contributed by atoms with E-state index in [1.54, 1.807) is 13.2 Å². The molecule has 0 aliphatic carbocycles. The number of ether oxygens (including phenoxy) is 2. The second kappa shape index (κ2) is 8.43. The van der Waals surface area contributed by atoms with Gasteiger partial charge >= 0.3 is 0 Å². The number of benzene rings is 1. The topological polar surface area (TPSA) is 42.5 Å². The first-order valence-electron chi connectivity index (χ1n) is 6.55. The van der Waals surface area contributed by atoms with Crippen LogP contribution in [0.1, 0.15) is 25.0 Å². The van der Waals surface area contributed by atoms with Gasteiger partial charge in [-0.05, 0) is 31.5 Å². The van der Waals surface area contributed by atoms with Crippen LogP contribution in [0.25, 0.3) is 0 Å². The summed E-state index contributed by atoms with van der Waals surface area (Å²) in [6.07, 6.45) is 0. The Morgan fingerprint density at radius 2 is 2.15 bits per heavy atom. The van der Waals surface area contributed by atoms with Gasteiger partial charge in [0.15, 0.2) is 0 Å². The van der Waals surface area contributed by atoms with Crippen LogP contribution in [0, 0.1) is 0 Å². The summed E-state index contributed by atoms with van der Waals surface area (Å²) in [5.41, 5.74) is 1.88. The molecular formula is C15H23FN2O2. The molecule has 0 radical (unpaired) electrons. The van der Waals surface area contributed by atoms with Gasteiger partial charge in [-0.15, -0.1) is 0 Å². The average Bonchev–Trinajstić information content (AvgIpc) is 2.38. The number of hydrogen-bond donors (Lipinski definition) is 2. The van der Waals surface area contributed by atoms with E-state index in [0.717, 1.165) is 16.9 Å². The van der Waals surface area contributed by atoms with Gasteiger partial charge in [-0.2, -0.15) is 0 Å². The Bertz CT molecular complexity index is 436. The predicted octanol–water partition coefficient (Wildman–Crippen LogP) is 2.70. The summed E-state index contributed by atoms with van der Waals surface area (Å²) in [5, 5.41) is 6.31. The molecule has 1 aromatic carbocycles. The first-order chi connectivity index (χ1) is 9.56. The van der Waals surface area contributed by atoms with Crippen LogP contribution in [0.3, 0.4) is 0 Å². The Morgan fingerprint density at radius 3 is 2.75 bits per heavy atom. The Labute approximate surface area is 120 Å². The van der Waals surface area contributed by atoms with Crippen molar-refractivity contribution in [1.29, 1.82) is 0 Å². The van der Waals surface area contributed by atoms with Crippen molar-refractivity contribution in [2.75, 3.05) is 14.0 Å². The van der Waals surface area contributed by atoms with E-state index in [-0.39, 0.29) is 0 Å². The van der Waals surface area contributed by atoms with Gasteiger partial charge in [0.25, 0.3) is 0 Å². The van der Waals surface area contributed by atoms with Gasteiger partial charge < -0.3 is 20.1 Å². The summed E-state index contributed by atoms with van der Waals surface area (Å²) >= 11 is 0. The quantitative estimate of drug-likeness (QED) is 0.731. The molecule has 0 saturated heterocycles. The number of methoxy groups -OCH3 is 1. The minimum atomic E-state index is -0.845. The van der Waals surface area contributed by atoms with Crippen molar-refractivity contribution < 1.29 is 13.9 Å². The molecule has 0 amide bonds. The van der Waals surface area contributed by atoms with Gasteiger partial charge in [-0.25, -0.2) is 4.39 Å². The van der Waals surface area contributed by atoms with Gasteiger partial charge in [0, 0.05) is 25.3 Å². The van der Waals surface area contributed by atoms with E-state index in [0.29, 0.717) is 24.9 Å². The van der Waals surface area contributed by atoms with E-state index in [1.807, 2.05) is 26.0 Å². The van der Waals surface area contributed by atoms with Gasteiger partial charge in [0.05, 0.1) is 12.4 Å². The molecule has 0 spiro atoms. The lowest BCUT2D eigenvalue weighted by Gasteiger charge is -2.17. The van der Waals surface area contributed by atoms with Crippen molar-refractivity contribution in [3.63, 3.8) is 0 Å². The maximum Gasteiger partial charge on any atom is 0.228 e. The number of alkyl halides is 1. The van der Waals surface area contributed by atoms with Crippen LogP contribution in [0.2, 0.25) is 0 Å². The second-order valence-electron chi connectivity index (χ2n) is 4.76. The molecule has 0 saturated carbocycles. The molecule has 0 aliphatic heterocycles. The summed E-state index contributed by atoms with van der Waals surface area (Å²) in [5.74, 6) is 1.25. The molecule has 0 unspecified atom stereocenters. The first kappa shape index (κ1) is 16.3. The Kier molecular flexibility index (Phi) is 6.87. The van der Waals surface area contributed by atoms with Gasteiger partial charge in [0.1, 0.15) is 5.75 Å². The van der Waals surface area contributed by atoms with Crippen LogP contribution in [-0.2, 0) is 17.9 Å². The lowest BCUT2D eigenvalue weighted by Crippen LogP contribution is -2.30. The maximum atomic E-state index is 12.4. The fourth-order valence-corrected chi connectivity index (χ4v) is 1.83. The molecule has 0 atom stereocenters. The van der Waals surface area contributed by atoms with E-state index >= 15 is 0 Å². The molecule has 4 nitrogen and oxygen atoms in total. The molecule has 0 heterocycles. The smallest absolute Gasteiger partial charge is 0.228 e. The fraction of sp³-hybridized carbons (Fsp3) is 0.467. The minimum absolute atomic E-state index is 0.302. The average molecular weight is 282 g/mol. The van der Waals surface area contributed by atoms with Crippen LogP contribution in [0.5, 0.6) is 5.75 Å². The van der Waals surface area contributed by atoms with Gasteiger partial charge in [-0.3, -0.25) is 0 Å². The van der Waals surface area contributed by atoms with E-state index < -0.39 is 6.86 Å². The van der Waals surface area contributed by atoms with Crippen molar-refractivity contribution >= 4 is 0 Å². The SMILES string of the molecule is C=C(NCc1cc(COC)ccc1OCF)NC(C)C. The van der Waals surface area contributed by atoms with Crippen LogP contribution in [-0.4, -0.2) is 20.0 Å². The molecule has 0 aromatic heterocycles. The molecule has 20 heavy (non-hydrogen) atoms. The summed E-state index contributed by atoms with van der Waals surface area (Å²) in [7, 11) is 1.64. The van der Waals surface area contributed by atoms with Crippen molar-refractivity contribution in [1.82, 2.24) is 10.6 Å². The van der Waals surface area contributed by atoms with E-state index in [9.17, 15) is 4.39 Å². The predicted molar refractivity (Wildman–Crippen MR) is 78.0 cm³/mol. The maximum absolute atomic E-state index is 12.4. The van der Waals surface area contributed by atoms with E-state index in [4.69, 9.17) is 9.47 Å². The van der Waals surface area contributed by atoms with Crippen molar-refractivity contribution in [3.8, 4) is 5.75 Å². The second-order valence-corrected chi connectivity index (χ2v) is 4.76. The lowest BCUT2D eigenvalue weighted by atomic mass is 10.1. The fourth-order valence-electron chi connectivity index (χ4n) is 1.83. The first-order valence-corrected chi connectivity index (χ1v) is 6.55. The highest BCUT2D eigenvalue weighted by Gasteiger charge is 2.06. The summed E-state index contributed by atoms with van der Waals surface area (Å²) in [6, 6.07) is 5.85. The Balaban J connectivity index is 2.73.